The molecule has 0 aliphatic carbocycles. The molecule has 0 radical (unpaired) electrons. The molecule has 19 heavy (non-hydrogen) atoms. The molecule has 2 rings (SSSR count). The Morgan fingerprint density at radius 1 is 1.32 bits per heavy atom. The highest BCUT2D eigenvalue weighted by molar-refractivity contribution is 9.10. The van der Waals surface area contributed by atoms with Gasteiger partial charge in [0, 0.05) is 4.47 Å². The SMILES string of the molecule is Cc1cc(NC(=O)c2cc(F)ccc2Br)cnc1Br. The van der Waals surface area contributed by atoms with Crippen molar-refractivity contribution in [3.05, 3.63) is 56.5 Å². The lowest BCUT2D eigenvalue weighted by atomic mass is 10.2. The number of nitrogens with one attached hydrogen (secondary N) is 1. The molecule has 1 N–H and O–H groups in total. The van der Waals surface area contributed by atoms with Crippen LogP contribution < -0.4 is 5.32 Å². The van der Waals surface area contributed by atoms with Gasteiger partial charge < -0.3 is 5.32 Å². The highest BCUT2D eigenvalue weighted by atomic mass is 79.9. The van der Waals surface area contributed by atoms with Gasteiger partial charge in [-0.25, -0.2) is 9.37 Å². The molecule has 98 valence electrons. The van der Waals surface area contributed by atoms with Crippen molar-refractivity contribution in [2.24, 2.45) is 0 Å². The number of pyridine rings is 1. The topological polar surface area (TPSA) is 42.0 Å². The van der Waals surface area contributed by atoms with Crippen LogP contribution in [0, 0.1) is 12.7 Å². The van der Waals surface area contributed by atoms with Crippen LogP contribution in [-0.2, 0) is 0 Å². The van der Waals surface area contributed by atoms with E-state index in [1.807, 2.05) is 6.92 Å². The fourth-order valence-corrected chi connectivity index (χ4v) is 2.14. The van der Waals surface area contributed by atoms with Crippen LogP contribution in [0.1, 0.15) is 15.9 Å². The zero-order valence-electron chi connectivity index (χ0n) is 9.88. The fraction of sp³-hybridized carbons (Fsp3) is 0.0769. The summed E-state index contributed by atoms with van der Waals surface area (Å²) in [5, 5.41) is 2.68. The first-order chi connectivity index (χ1) is 8.97. The summed E-state index contributed by atoms with van der Waals surface area (Å²) in [6, 6.07) is 5.74. The van der Waals surface area contributed by atoms with Gasteiger partial charge in [0.1, 0.15) is 10.4 Å². The lowest BCUT2D eigenvalue weighted by molar-refractivity contribution is 0.102. The van der Waals surface area contributed by atoms with Crippen LogP contribution in [0.2, 0.25) is 0 Å². The number of halogens is 3. The molecule has 1 amide bonds. The second kappa shape index (κ2) is 5.79. The number of aryl methyl sites for hydroxylation is 1. The van der Waals surface area contributed by atoms with Gasteiger partial charge in [-0.15, -0.1) is 0 Å². The molecule has 0 aliphatic heterocycles. The van der Waals surface area contributed by atoms with Gasteiger partial charge in [-0.2, -0.15) is 0 Å². The Balaban J connectivity index is 2.25. The van der Waals surface area contributed by atoms with E-state index >= 15 is 0 Å². The van der Waals surface area contributed by atoms with Gasteiger partial charge in [-0.1, -0.05) is 0 Å². The zero-order valence-corrected chi connectivity index (χ0v) is 13.0. The maximum Gasteiger partial charge on any atom is 0.256 e. The van der Waals surface area contributed by atoms with E-state index in [1.165, 1.54) is 24.4 Å². The van der Waals surface area contributed by atoms with Crippen molar-refractivity contribution in [1.29, 1.82) is 0 Å². The first-order valence-corrected chi connectivity index (χ1v) is 6.94. The summed E-state index contributed by atoms with van der Waals surface area (Å²) in [6.45, 7) is 1.87. The first kappa shape index (κ1) is 14.1. The van der Waals surface area contributed by atoms with E-state index in [9.17, 15) is 9.18 Å². The molecule has 0 saturated heterocycles. The van der Waals surface area contributed by atoms with Gasteiger partial charge in [0.25, 0.3) is 5.91 Å². The molecular weight excluding hydrogens is 379 g/mol. The number of anilines is 1. The molecule has 0 bridgehead atoms. The van der Waals surface area contributed by atoms with E-state index < -0.39 is 11.7 Å². The van der Waals surface area contributed by atoms with Gasteiger partial charge in [0.05, 0.1) is 17.4 Å². The number of benzene rings is 1. The van der Waals surface area contributed by atoms with Crippen molar-refractivity contribution in [2.75, 3.05) is 5.32 Å². The van der Waals surface area contributed by atoms with Crippen LogP contribution in [0.5, 0.6) is 0 Å². The second-order valence-corrected chi connectivity index (χ2v) is 5.52. The van der Waals surface area contributed by atoms with Crippen molar-refractivity contribution in [3.8, 4) is 0 Å². The van der Waals surface area contributed by atoms with Crippen LogP contribution in [0.25, 0.3) is 0 Å². The third-order valence-corrected chi connectivity index (χ3v) is 3.97. The van der Waals surface area contributed by atoms with E-state index in [2.05, 4.69) is 42.2 Å². The molecule has 0 spiro atoms. The smallest absolute Gasteiger partial charge is 0.256 e. The molecule has 3 nitrogen and oxygen atoms in total. The Morgan fingerprint density at radius 3 is 2.74 bits per heavy atom. The van der Waals surface area contributed by atoms with Crippen LogP contribution >= 0.6 is 31.9 Å². The van der Waals surface area contributed by atoms with Crippen molar-refractivity contribution >= 4 is 43.5 Å². The Kier molecular flexibility index (Phi) is 4.31. The van der Waals surface area contributed by atoms with Gasteiger partial charge >= 0.3 is 0 Å². The lowest BCUT2D eigenvalue weighted by Crippen LogP contribution is -2.13. The fourth-order valence-electron chi connectivity index (χ4n) is 1.50. The minimum absolute atomic E-state index is 0.237. The number of rotatable bonds is 2. The minimum Gasteiger partial charge on any atom is -0.321 e. The summed E-state index contributed by atoms with van der Waals surface area (Å²) in [5.41, 5.74) is 1.69. The predicted octanol–water partition coefficient (Wildman–Crippen LogP) is 4.31. The summed E-state index contributed by atoms with van der Waals surface area (Å²) in [4.78, 5) is 16.1. The average Bonchev–Trinajstić information content (AvgIpc) is 2.36. The summed E-state index contributed by atoms with van der Waals surface area (Å²) in [7, 11) is 0. The first-order valence-electron chi connectivity index (χ1n) is 5.36. The molecule has 1 heterocycles. The van der Waals surface area contributed by atoms with E-state index in [0.29, 0.717) is 10.2 Å². The number of aromatic nitrogens is 1. The second-order valence-electron chi connectivity index (χ2n) is 3.91. The maximum atomic E-state index is 13.1. The van der Waals surface area contributed by atoms with Crippen molar-refractivity contribution in [2.45, 2.75) is 6.92 Å². The number of carbonyl (C=O) groups is 1. The summed E-state index contributed by atoms with van der Waals surface area (Å²) >= 11 is 6.50. The molecule has 2 aromatic rings. The Bertz CT molecular complexity index is 647. The van der Waals surface area contributed by atoms with Crippen molar-refractivity contribution in [1.82, 2.24) is 4.98 Å². The molecule has 6 heteroatoms. The highest BCUT2D eigenvalue weighted by Gasteiger charge is 2.12. The van der Waals surface area contributed by atoms with Gasteiger partial charge in [0.2, 0.25) is 0 Å². The van der Waals surface area contributed by atoms with Crippen molar-refractivity contribution in [3.63, 3.8) is 0 Å². The summed E-state index contributed by atoms with van der Waals surface area (Å²) in [5.74, 6) is -0.853. The molecule has 1 aromatic heterocycles. The summed E-state index contributed by atoms with van der Waals surface area (Å²) in [6.07, 6.45) is 1.53. The Morgan fingerprint density at radius 2 is 2.05 bits per heavy atom. The minimum atomic E-state index is -0.460. The Labute approximate surface area is 126 Å². The van der Waals surface area contributed by atoms with Crippen LogP contribution in [-0.4, -0.2) is 10.9 Å². The monoisotopic (exact) mass is 386 g/mol. The van der Waals surface area contributed by atoms with Crippen LogP contribution in [0.3, 0.4) is 0 Å². The largest absolute Gasteiger partial charge is 0.321 e. The molecule has 0 atom stereocenters. The lowest BCUT2D eigenvalue weighted by Gasteiger charge is -2.08. The predicted molar refractivity (Wildman–Crippen MR) is 78.7 cm³/mol. The highest BCUT2D eigenvalue weighted by Crippen LogP contribution is 2.21. The Hall–Kier alpha value is -1.27. The summed E-state index contributed by atoms with van der Waals surface area (Å²) < 4.78 is 14.4. The number of nitrogens with zero attached hydrogens (tertiary/aromatic N) is 1. The van der Waals surface area contributed by atoms with E-state index in [-0.39, 0.29) is 5.56 Å². The van der Waals surface area contributed by atoms with E-state index in [0.717, 1.165) is 10.2 Å². The molecule has 0 aliphatic rings. The number of amides is 1. The molecule has 0 unspecified atom stereocenters. The van der Waals surface area contributed by atoms with Gasteiger partial charge in [-0.3, -0.25) is 4.79 Å². The quantitative estimate of drug-likeness (QED) is 0.780. The maximum absolute atomic E-state index is 13.1. The number of hydrogen-bond donors (Lipinski definition) is 1. The normalized spacial score (nSPS) is 10.3. The number of carbonyl (C=O) groups excluding carboxylic acids is 1. The third kappa shape index (κ3) is 3.39. The standard InChI is InChI=1S/C13H9Br2FN2O/c1-7-4-9(6-17-12(7)15)18-13(19)10-5-8(16)2-3-11(10)14/h2-6H,1H3,(H,18,19). The average molecular weight is 388 g/mol. The van der Waals surface area contributed by atoms with Crippen LogP contribution in [0.4, 0.5) is 10.1 Å². The van der Waals surface area contributed by atoms with Crippen LogP contribution in [0.15, 0.2) is 39.5 Å². The molecule has 0 fully saturated rings. The zero-order chi connectivity index (χ0) is 14.0. The van der Waals surface area contributed by atoms with E-state index in [4.69, 9.17) is 0 Å². The van der Waals surface area contributed by atoms with Crippen molar-refractivity contribution < 1.29 is 9.18 Å². The molecular formula is C13H9Br2FN2O. The van der Waals surface area contributed by atoms with Gasteiger partial charge in [-0.05, 0) is 68.6 Å². The molecule has 0 saturated carbocycles. The molecule has 1 aromatic carbocycles. The third-order valence-electron chi connectivity index (χ3n) is 2.45. The number of hydrogen-bond acceptors (Lipinski definition) is 2. The van der Waals surface area contributed by atoms with E-state index in [1.54, 1.807) is 6.07 Å². The van der Waals surface area contributed by atoms with Gasteiger partial charge in [0.15, 0.2) is 0 Å².